The highest BCUT2D eigenvalue weighted by Crippen LogP contribution is 2.21. The lowest BCUT2D eigenvalue weighted by molar-refractivity contribution is 0.316. The molecule has 0 aliphatic heterocycles. The second kappa shape index (κ2) is 6.29. The van der Waals surface area contributed by atoms with E-state index in [0.29, 0.717) is 13.2 Å². The Kier molecular flexibility index (Phi) is 4.47. The van der Waals surface area contributed by atoms with Crippen LogP contribution in [0.2, 0.25) is 0 Å². The molecule has 0 aliphatic carbocycles. The predicted molar refractivity (Wildman–Crippen MR) is 75.0 cm³/mol. The Hall–Kier alpha value is -1.94. The maximum absolute atomic E-state index is 5.83. The summed E-state index contributed by atoms with van der Waals surface area (Å²) >= 11 is 0. The van der Waals surface area contributed by atoms with Crippen molar-refractivity contribution in [3.05, 3.63) is 53.1 Å². The van der Waals surface area contributed by atoms with Gasteiger partial charge in [-0.3, -0.25) is 9.97 Å². The fraction of sp³-hybridized carbons (Fsp3) is 0.333. The first-order chi connectivity index (χ1) is 9.20. The Morgan fingerprint density at radius 2 is 2.11 bits per heavy atom. The smallest absolute Gasteiger partial charge is 0.127 e. The Balaban J connectivity index is 2.03. The van der Waals surface area contributed by atoms with Crippen LogP contribution < -0.4 is 10.5 Å². The van der Waals surface area contributed by atoms with E-state index in [2.05, 4.69) is 9.97 Å². The summed E-state index contributed by atoms with van der Waals surface area (Å²) < 4.78 is 5.83. The monoisotopic (exact) mass is 257 g/mol. The van der Waals surface area contributed by atoms with Gasteiger partial charge >= 0.3 is 0 Å². The second-order valence-corrected chi connectivity index (χ2v) is 4.45. The second-order valence-electron chi connectivity index (χ2n) is 4.45. The summed E-state index contributed by atoms with van der Waals surface area (Å²) in [6, 6.07) is 7.82. The van der Waals surface area contributed by atoms with E-state index in [9.17, 15) is 0 Å². The summed E-state index contributed by atoms with van der Waals surface area (Å²) in [6.45, 7) is 4.95. The van der Waals surface area contributed by atoms with Crippen LogP contribution in [0.3, 0.4) is 0 Å². The van der Waals surface area contributed by atoms with Crippen LogP contribution in [-0.4, -0.2) is 16.6 Å². The highest BCUT2D eigenvalue weighted by atomic mass is 16.5. The molecule has 2 N–H and O–H groups in total. The number of aryl methyl sites for hydroxylation is 2. The van der Waals surface area contributed by atoms with Gasteiger partial charge < -0.3 is 10.5 Å². The number of aromatic nitrogens is 2. The molecule has 4 heteroatoms. The van der Waals surface area contributed by atoms with Crippen molar-refractivity contribution < 1.29 is 4.74 Å². The minimum atomic E-state index is 0.442. The zero-order chi connectivity index (χ0) is 13.7. The lowest BCUT2D eigenvalue weighted by Crippen LogP contribution is -2.09. The molecule has 0 unspecified atom stereocenters. The van der Waals surface area contributed by atoms with E-state index in [4.69, 9.17) is 10.5 Å². The van der Waals surface area contributed by atoms with Crippen LogP contribution in [0, 0.1) is 13.8 Å². The fourth-order valence-corrected chi connectivity index (χ4v) is 2.01. The molecule has 4 nitrogen and oxygen atoms in total. The number of rotatable bonds is 5. The van der Waals surface area contributed by atoms with Crippen molar-refractivity contribution in [1.29, 1.82) is 0 Å². The van der Waals surface area contributed by atoms with Gasteiger partial charge in [0.2, 0.25) is 0 Å². The minimum Gasteiger partial charge on any atom is -0.493 e. The van der Waals surface area contributed by atoms with Crippen molar-refractivity contribution in [2.75, 3.05) is 6.61 Å². The summed E-state index contributed by atoms with van der Waals surface area (Å²) in [7, 11) is 0. The molecular formula is C15H19N3O. The van der Waals surface area contributed by atoms with Crippen LogP contribution in [-0.2, 0) is 13.0 Å². The highest BCUT2D eigenvalue weighted by Gasteiger charge is 2.08. The zero-order valence-corrected chi connectivity index (χ0v) is 11.4. The fourth-order valence-electron chi connectivity index (χ4n) is 2.01. The van der Waals surface area contributed by atoms with Crippen LogP contribution >= 0.6 is 0 Å². The Bertz CT molecular complexity index is 541. The number of nitrogens with two attached hydrogens (primary N) is 1. The van der Waals surface area contributed by atoms with Crippen LogP contribution in [0.1, 0.15) is 22.6 Å². The molecule has 0 radical (unpaired) electrons. The molecule has 0 fully saturated rings. The third-order valence-corrected chi connectivity index (χ3v) is 2.96. The van der Waals surface area contributed by atoms with Crippen molar-refractivity contribution in [3.8, 4) is 5.75 Å². The first-order valence-electron chi connectivity index (χ1n) is 6.40. The summed E-state index contributed by atoms with van der Waals surface area (Å²) in [5.74, 6) is 0.837. The zero-order valence-electron chi connectivity index (χ0n) is 11.4. The molecule has 100 valence electrons. The van der Waals surface area contributed by atoms with Gasteiger partial charge in [-0.2, -0.15) is 0 Å². The molecule has 0 saturated carbocycles. The molecule has 0 bridgehead atoms. The third kappa shape index (κ3) is 3.51. The van der Waals surface area contributed by atoms with Gasteiger partial charge in [0.05, 0.1) is 6.61 Å². The molecule has 19 heavy (non-hydrogen) atoms. The quantitative estimate of drug-likeness (QED) is 0.891. The molecule has 0 amide bonds. The third-order valence-electron chi connectivity index (χ3n) is 2.96. The Morgan fingerprint density at radius 3 is 2.79 bits per heavy atom. The summed E-state index contributed by atoms with van der Waals surface area (Å²) in [5.41, 5.74) is 9.64. The molecule has 2 heterocycles. The molecule has 0 saturated heterocycles. The van der Waals surface area contributed by atoms with Crippen molar-refractivity contribution in [3.63, 3.8) is 0 Å². The lowest BCUT2D eigenvalue weighted by Gasteiger charge is -2.13. The van der Waals surface area contributed by atoms with E-state index in [-0.39, 0.29) is 0 Å². The van der Waals surface area contributed by atoms with Crippen molar-refractivity contribution >= 4 is 0 Å². The molecule has 0 spiro atoms. The number of hydrogen-bond donors (Lipinski definition) is 1. The van der Waals surface area contributed by atoms with Gasteiger partial charge in [0.1, 0.15) is 5.75 Å². The summed E-state index contributed by atoms with van der Waals surface area (Å²) in [5, 5.41) is 0. The van der Waals surface area contributed by atoms with Crippen LogP contribution in [0.5, 0.6) is 5.75 Å². The minimum absolute atomic E-state index is 0.442. The molecule has 0 atom stereocenters. The van der Waals surface area contributed by atoms with Gasteiger partial charge in [-0.15, -0.1) is 0 Å². The summed E-state index contributed by atoms with van der Waals surface area (Å²) in [4.78, 5) is 8.67. The molecular weight excluding hydrogens is 238 g/mol. The SMILES string of the molecule is Cc1cc(OCCc2ccccn2)c(CN)c(C)n1. The van der Waals surface area contributed by atoms with Gasteiger partial charge in [0.25, 0.3) is 0 Å². The number of nitrogens with zero attached hydrogens (tertiary/aromatic N) is 2. The maximum atomic E-state index is 5.83. The average Bonchev–Trinajstić information content (AvgIpc) is 2.39. The highest BCUT2D eigenvalue weighted by molar-refractivity contribution is 5.37. The van der Waals surface area contributed by atoms with Gasteiger partial charge in [0, 0.05) is 47.9 Å². The lowest BCUT2D eigenvalue weighted by atomic mass is 10.1. The molecule has 0 aliphatic rings. The molecule has 0 aromatic carbocycles. The average molecular weight is 257 g/mol. The number of ether oxygens (including phenoxy) is 1. The first kappa shape index (κ1) is 13.5. The molecule has 2 rings (SSSR count). The van der Waals surface area contributed by atoms with E-state index in [0.717, 1.165) is 34.8 Å². The predicted octanol–water partition coefficient (Wildman–Crippen LogP) is 2.17. The van der Waals surface area contributed by atoms with E-state index in [1.807, 2.05) is 38.1 Å². The largest absolute Gasteiger partial charge is 0.493 e. The number of pyridine rings is 2. The van der Waals surface area contributed by atoms with Crippen LogP contribution in [0.4, 0.5) is 0 Å². The van der Waals surface area contributed by atoms with Crippen LogP contribution in [0.15, 0.2) is 30.5 Å². The number of hydrogen-bond acceptors (Lipinski definition) is 4. The van der Waals surface area contributed by atoms with Crippen molar-refractivity contribution in [2.24, 2.45) is 5.73 Å². The van der Waals surface area contributed by atoms with Gasteiger partial charge in [-0.05, 0) is 26.0 Å². The summed E-state index contributed by atoms with van der Waals surface area (Å²) in [6.07, 6.45) is 2.58. The standard InChI is InChI=1S/C15H19N3O/c1-11-9-15(14(10-16)12(2)18-11)19-8-6-13-5-3-4-7-17-13/h3-5,7,9H,6,8,10,16H2,1-2H3. The Labute approximate surface area is 113 Å². The topological polar surface area (TPSA) is 61.0 Å². The first-order valence-corrected chi connectivity index (χ1v) is 6.40. The van der Waals surface area contributed by atoms with Gasteiger partial charge in [-0.1, -0.05) is 6.07 Å². The van der Waals surface area contributed by atoms with Crippen LogP contribution in [0.25, 0.3) is 0 Å². The van der Waals surface area contributed by atoms with Crippen molar-refractivity contribution in [2.45, 2.75) is 26.8 Å². The Morgan fingerprint density at radius 1 is 1.26 bits per heavy atom. The van der Waals surface area contributed by atoms with E-state index >= 15 is 0 Å². The molecule has 2 aromatic rings. The van der Waals surface area contributed by atoms with Gasteiger partial charge in [0.15, 0.2) is 0 Å². The van der Waals surface area contributed by atoms with Gasteiger partial charge in [-0.25, -0.2) is 0 Å². The van der Waals surface area contributed by atoms with Crippen molar-refractivity contribution in [1.82, 2.24) is 9.97 Å². The van der Waals surface area contributed by atoms with E-state index < -0.39 is 0 Å². The molecule has 2 aromatic heterocycles. The van der Waals surface area contributed by atoms with E-state index in [1.165, 1.54) is 0 Å². The van der Waals surface area contributed by atoms with E-state index in [1.54, 1.807) is 6.20 Å². The maximum Gasteiger partial charge on any atom is 0.127 e. The normalized spacial score (nSPS) is 10.5.